The lowest BCUT2D eigenvalue weighted by Crippen LogP contribution is -2.55. The predicted molar refractivity (Wildman–Crippen MR) is 82.7 cm³/mol. The smallest absolute Gasteiger partial charge is 0.165 e. The van der Waals surface area contributed by atoms with E-state index in [9.17, 15) is 12.8 Å². The average Bonchev–Trinajstić information content (AvgIpc) is 2.30. The van der Waals surface area contributed by atoms with Crippen molar-refractivity contribution >= 4 is 33.0 Å². The third kappa shape index (κ3) is 2.38. The lowest BCUT2D eigenvalue weighted by Gasteiger charge is -2.38. The van der Waals surface area contributed by atoms with Crippen molar-refractivity contribution in [2.75, 3.05) is 11.5 Å². The Bertz CT molecular complexity index is 746. The summed E-state index contributed by atoms with van der Waals surface area (Å²) in [6.45, 7) is 4.45. The van der Waals surface area contributed by atoms with Crippen LogP contribution < -0.4 is 11.5 Å². The van der Waals surface area contributed by atoms with E-state index < -0.39 is 25.9 Å². The van der Waals surface area contributed by atoms with Crippen molar-refractivity contribution in [2.45, 2.75) is 31.1 Å². The topological polar surface area (TPSA) is 98.5 Å². The van der Waals surface area contributed by atoms with Crippen molar-refractivity contribution in [3.63, 3.8) is 0 Å². The molecule has 0 saturated heterocycles. The fourth-order valence-corrected chi connectivity index (χ4v) is 4.20. The van der Waals surface area contributed by atoms with Crippen LogP contribution in [0.25, 0.3) is 0 Å². The van der Waals surface area contributed by atoms with Crippen LogP contribution in [0.2, 0.25) is 5.02 Å². The molecule has 8 heteroatoms. The number of aliphatic imine (C=N–C) groups is 1. The van der Waals surface area contributed by atoms with E-state index in [1.807, 2.05) is 0 Å². The summed E-state index contributed by atoms with van der Waals surface area (Å²) in [7, 11) is -3.61. The molecule has 0 fully saturated rings. The maximum atomic E-state index is 14.3. The van der Waals surface area contributed by atoms with Gasteiger partial charge in [0.1, 0.15) is 21.9 Å². The first-order chi connectivity index (χ1) is 9.41. The van der Waals surface area contributed by atoms with Crippen molar-refractivity contribution in [3.05, 3.63) is 28.5 Å². The van der Waals surface area contributed by atoms with E-state index in [2.05, 4.69) is 4.99 Å². The highest BCUT2D eigenvalue weighted by atomic mass is 35.5. The molecule has 0 aliphatic carbocycles. The van der Waals surface area contributed by atoms with Crippen LogP contribution in [0.5, 0.6) is 0 Å². The second kappa shape index (κ2) is 4.58. The van der Waals surface area contributed by atoms with E-state index in [0.717, 1.165) is 0 Å². The lowest BCUT2D eigenvalue weighted by atomic mass is 9.92. The van der Waals surface area contributed by atoms with Gasteiger partial charge in [-0.1, -0.05) is 11.6 Å². The number of nitrogens with zero attached hydrogens (tertiary/aromatic N) is 1. The van der Waals surface area contributed by atoms with Gasteiger partial charge in [0, 0.05) is 11.3 Å². The molecule has 1 aliphatic heterocycles. The highest BCUT2D eigenvalue weighted by Crippen LogP contribution is 2.39. The number of nitrogen functional groups attached to an aromatic ring is 1. The number of halogens is 2. The van der Waals surface area contributed by atoms with E-state index in [0.29, 0.717) is 0 Å². The van der Waals surface area contributed by atoms with Crippen molar-refractivity contribution < 1.29 is 12.8 Å². The molecule has 1 unspecified atom stereocenters. The van der Waals surface area contributed by atoms with Gasteiger partial charge >= 0.3 is 0 Å². The van der Waals surface area contributed by atoms with Crippen LogP contribution in [-0.2, 0) is 15.4 Å². The number of hydrogen-bond donors (Lipinski definition) is 2. The Morgan fingerprint density at radius 3 is 2.38 bits per heavy atom. The van der Waals surface area contributed by atoms with Crippen LogP contribution in [0.4, 0.5) is 10.1 Å². The Hall–Kier alpha value is -1.34. The highest BCUT2D eigenvalue weighted by Gasteiger charge is 2.49. The zero-order valence-corrected chi connectivity index (χ0v) is 13.5. The second-order valence-corrected chi connectivity index (χ2v) is 8.85. The summed E-state index contributed by atoms with van der Waals surface area (Å²) in [6, 6.07) is 2.60. The van der Waals surface area contributed by atoms with Crippen LogP contribution in [-0.4, -0.2) is 24.8 Å². The first-order valence-electron chi connectivity index (χ1n) is 6.24. The van der Waals surface area contributed by atoms with Gasteiger partial charge < -0.3 is 11.5 Å². The first-order valence-corrected chi connectivity index (χ1v) is 8.27. The van der Waals surface area contributed by atoms with Crippen molar-refractivity contribution in [1.82, 2.24) is 0 Å². The predicted octanol–water partition coefficient (Wildman–Crippen LogP) is 1.84. The minimum absolute atomic E-state index is 0.0227. The van der Waals surface area contributed by atoms with E-state index in [4.69, 9.17) is 23.1 Å². The standard InChI is InChI=1S/C13H17ClFN3O2S/c1-12(2)11(17)18-13(3,6-21(12,19)20)8-4-7(16)5-9(14)10(8)15/h4-5H,6,16H2,1-3H3,(H2,17,18). The summed E-state index contributed by atoms with van der Waals surface area (Å²) >= 11 is 5.78. The van der Waals surface area contributed by atoms with Crippen molar-refractivity contribution in [2.24, 2.45) is 10.7 Å². The summed E-state index contributed by atoms with van der Waals surface area (Å²) in [4.78, 5) is 4.24. The highest BCUT2D eigenvalue weighted by molar-refractivity contribution is 7.93. The minimum Gasteiger partial charge on any atom is -0.399 e. The Labute approximate surface area is 128 Å². The molecule has 1 aromatic carbocycles. The fourth-order valence-electron chi connectivity index (χ4n) is 2.28. The van der Waals surface area contributed by atoms with Gasteiger partial charge in [0.2, 0.25) is 0 Å². The molecule has 0 radical (unpaired) electrons. The molecule has 116 valence electrons. The van der Waals surface area contributed by atoms with Crippen LogP contribution in [0.15, 0.2) is 17.1 Å². The Kier molecular flexibility index (Phi) is 3.50. The molecule has 21 heavy (non-hydrogen) atoms. The van der Waals surface area contributed by atoms with E-state index >= 15 is 0 Å². The molecular formula is C13H17ClFN3O2S. The molecule has 0 aromatic heterocycles. The Balaban J connectivity index is 2.73. The van der Waals surface area contributed by atoms with Crippen LogP contribution >= 0.6 is 11.6 Å². The number of benzene rings is 1. The molecule has 0 bridgehead atoms. The number of rotatable bonds is 1. The third-order valence-electron chi connectivity index (χ3n) is 3.86. The minimum atomic E-state index is -3.61. The Morgan fingerprint density at radius 2 is 1.86 bits per heavy atom. The number of amidine groups is 1. The normalized spacial score (nSPS) is 27.2. The number of sulfone groups is 1. The van der Waals surface area contributed by atoms with Crippen molar-refractivity contribution in [1.29, 1.82) is 0 Å². The molecule has 1 heterocycles. The summed E-state index contributed by atoms with van der Waals surface area (Å²) < 4.78 is 37.9. The maximum Gasteiger partial charge on any atom is 0.165 e. The summed E-state index contributed by atoms with van der Waals surface area (Å²) in [6.07, 6.45) is 0. The zero-order chi connectivity index (χ0) is 16.2. The van der Waals surface area contributed by atoms with E-state index in [-0.39, 0.29) is 27.9 Å². The van der Waals surface area contributed by atoms with Gasteiger partial charge in [-0.3, -0.25) is 4.99 Å². The number of hydrogen-bond acceptors (Lipinski definition) is 5. The number of anilines is 1. The van der Waals surface area contributed by atoms with E-state index in [1.165, 1.54) is 32.9 Å². The van der Waals surface area contributed by atoms with Gasteiger partial charge in [0.25, 0.3) is 0 Å². The van der Waals surface area contributed by atoms with Gasteiger partial charge in [-0.25, -0.2) is 12.8 Å². The molecule has 0 amide bonds. The molecule has 1 aliphatic rings. The Morgan fingerprint density at radius 1 is 1.29 bits per heavy atom. The third-order valence-corrected chi connectivity index (χ3v) is 6.84. The zero-order valence-electron chi connectivity index (χ0n) is 11.9. The van der Waals surface area contributed by atoms with Gasteiger partial charge in [0.15, 0.2) is 9.84 Å². The maximum absolute atomic E-state index is 14.3. The summed E-state index contributed by atoms with van der Waals surface area (Å²) in [5.74, 6) is -1.17. The van der Waals surface area contributed by atoms with Gasteiger partial charge in [-0.2, -0.15) is 0 Å². The quantitative estimate of drug-likeness (QED) is 0.766. The van der Waals surface area contributed by atoms with Crippen molar-refractivity contribution in [3.8, 4) is 0 Å². The molecule has 5 nitrogen and oxygen atoms in total. The fraction of sp³-hybridized carbons (Fsp3) is 0.462. The average molecular weight is 334 g/mol. The molecular weight excluding hydrogens is 317 g/mol. The van der Waals surface area contributed by atoms with Gasteiger partial charge in [-0.15, -0.1) is 0 Å². The molecule has 1 aromatic rings. The number of nitrogens with two attached hydrogens (primary N) is 2. The largest absolute Gasteiger partial charge is 0.399 e. The molecule has 2 rings (SSSR count). The SMILES string of the molecule is CC1(c2cc(N)cc(Cl)c2F)CS(=O)(=O)C(C)(C)C(N)=N1. The summed E-state index contributed by atoms with van der Waals surface area (Å²) in [5.41, 5.74) is 10.4. The molecule has 0 saturated carbocycles. The van der Waals surface area contributed by atoms with Gasteiger partial charge in [-0.05, 0) is 32.9 Å². The van der Waals surface area contributed by atoms with Crippen LogP contribution in [0.1, 0.15) is 26.3 Å². The molecule has 4 N–H and O–H groups in total. The van der Waals surface area contributed by atoms with Crippen LogP contribution in [0, 0.1) is 5.82 Å². The monoisotopic (exact) mass is 333 g/mol. The summed E-state index contributed by atoms with van der Waals surface area (Å²) in [5, 5.41) is -0.178. The first kappa shape index (κ1) is 16.0. The lowest BCUT2D eigenvalue weighted by molar-refractivity contribution is 0.476. The van der Waals surface area contributed by atoms with E-state index in [1.54, 1.807) is 0 Å². The van der Waals surface area contributed by atoms with Crippen LogP contribution in [0.3, 0.4) is 0 Å². The molecule has 0 spiro atoms. The van der Waals surface area contributed by atoms with Gasteiger partial charge in [0.05, 0.1) is 10.8 Å². The second-order valence-electron chi connectivity index (χ2n) is 5.90. The molecule has 1 atom stereocenters.